The average Bonchev–Trinajstić information content (AvgIpc) is 2.47. The lowest BCUT2D eigenvalue weighted by Gasteiger charge is -2.29. The minimum absolute atomic E-state index is 0.122. The molecule has 0 aromatic heterocycles. The van der Waals surface area contributed by atoms with Crippen molar-refractivity contribution < 1.29 is 14.7 Å². The van der Waals surface area contributed by atoms with Crippen molar-refractivity contribution in [2.45, 2.75) is 45.7 Å². The largest absolute Gasteiger partial charge is 0.481 e. The quantitative estimate of drug-likeness (QED) is 0.811. The first-order valence-corrected chi connectivity index (χ1v) is 7.33. The molecule has 0 saturated carbocycles. The topological polar surface area (TPSA) is 69.6 Å². The molecular weight excluding hydrogens is 268 g/mol. The van der Waals surface area contributed by atoms with E-state index in [-0.39, 0.29) is 18.5 Å². The predicted octanol–water partition coefficient (Wildman–Crippen LogP) is 3.03. The molecule has 116 valence electrons. The summed E-state index contributed by atoms with van der Waals surface area (Å²) in [4.78, 5) is 25.1. The van der Waals surface area contributed by atoms with Crippen LogP contribution in [-0.2, 0) is 4.79 Å². The van der Waals surface area contributed by atoms with Crippen LogP contribution >= 0.6 is 0 Å². The second-order valence-electron chi connectivity index (χ2n) is 5.05. The van der Waals surface area contributed by atoms with Crippen LogP contribution in [0.25, 0.3) is 0 Å². The zero-order valence-corrected chi connectivity index (χ0v) is 12.9. The van der Waals surface area contributed by atoms with Crippen LogP contribution in [0.1, 0.15) is 45.2 Å². The van der Waals surface area contributed by atoms with Gasteiger partial charge in [-0.2, -0.15) is 0 Å². The number of nitrogens with one attached hydrogen (secondary N) is 1. The van der Waals surface area contributed by atoms with Crippen LogP contribution in [-0.4, -0.2) is 34.6 Å². The van der Waals surface area contributed by atoms with Crippen LogP contribution in [0.4, 0.5) is 4.79 Å². The summed E-state index contributed by atoms with van der Waals surface area (Å²) in [7, 11) is 0. The fourth-order valence-electron chi connectivity index (χ4n) is 2.22. The van der Waals surface area contributed by atoms with Gasteiger partial charge in [0, 0.05) is 12.6 Å². The van der Waals surface area contributed by atoms with Gasteiger partial charge in [0.15, 0.2) is 0 Å². The molecule has 2 atom stereocenters. The number of hydrogen-bond donors (Lipinski definition) is 2. The van der Waals surface area contributed by atoms with Crippen LogP contribution in [0.15, 0.2) is 30.3 Å². The number of benzene rings is 1. The van der Waals surface area contributed by atoms with E-state index in [2.05, 4.69) is 5.32 Å². The van der Waals surface area contributed by atoms with E-state index in [1.165, 1.54) is 0 Å². The molecule has 5 heteroatoms. The summed E-state index contributed by atoms with van der Waals surface area (Å²) in [6.45, 7) is 6.51. The van der Waals surface area contributed by atoms with Gasteiger partial charge in [0.1, 0.15) is 0 Å². The van der Waals surface area contributed by atoms with Crippen LogP contribution in [0, 0.1) is 0 Å². The third kappa shape index (κ3) is 5.10. The lowest BCUT2D eigenvalue weighted by atomic mass is 10.0. The third-order valence-electron chi connectivity index (χ3n) is 3.60. The van der Waals surface area contributed by atoms with Crippen molar-refractivity contribution in [1.29, 1.82) is 0 Å². The highest BCUT2D eigenvalue weighted by Gasteiger charge is 2.22. The molecule has 5 nitrogen and oxygen atoms in total. The van der Waals surface area contributed by atoms with Gasteiger partial charge in [0.2, 0.25) is 0 Å². The fourth-order valence-corrected chi connectivity index (χ4v) is 2.22. The summed E-state index contributed by atoms with van der Waals surface area (Å²) in [5.74, 6) is -0.934. The Labute approximate surface area is 126 Å². The Morgan fingerprint density at radius 2 is 1.86 bits per heavy atom. The van der Waals surface area contributed by atoms with Gasteiger partial charge in [-0.1, -0.05) is 37.3 Å². The van der Waals surface area contributed by atoms with Crippen molar-refractivity contribution in [3.05, 3.63) is 35.9 Å². The van der Waals surface area contributed by atoms with Gasteiger partial charge in [-0.15, -0.1) is 0 Å². The number of hydrogen-bond acceptors (Lipinski definition) is 2. The number of carboxylic acids is 1. The van der Waals surface area contributed by atoms with E-state index < -0.39 is 12.0 Å². The number of carbonyl (C=O) groups excluding carboxylic acids is 1. The first-order chi connectivity index (χ1) is 9.99. The standard InChI is InChI=1S/C16H24N2O3/c1-4-12(3)18(5-2)16(21)17-14(11-15(19)20)13-9-7-6-8-10-13/h6-10,12,14H,4-5,11H2,1-3H3,(H,17,21)(H,19,20). The van der Waals surface area contributed by atoms with E-state index >= 15 is 0 Å². The lowest BCUT2D eigenvalue weighted by molar-refractivity contribution is -0.137. The van der Waals surface area contributed by atoms with E-state index in [0.29, 0.717) is 6.54 Å². The number of carboxylic acid groups (broad SMARTS) is 1. The van der Waals surface area contributed by atoms with Crippen molar-refractivity contribution in [3.8, 4) is 0 Å². The number of urea groups is 1. The summed E-state index contributed by atoms with van der Waals surface area (Å²) in [6, 6.07) is 8.57. The maximum atomic E-state index is 12.4. The summed E-state index contributed by atoms with van der Waals surface area (Å²) >= 11 is 0. The van der Waals surface area contributed by atoms with Crippen molar-refractivity contribution in [1.82, 2.24) is 10.2 Å². The van der Waals surface area contributed by atoms with Crippen molar-refractivity contribution in [3.63, 3.8) is 0 Å². The van der Waals surface area contributed by atoms with Gasteiger partial charge >= 0.3 is 12.0 Å². The monoisotopic (exact) mass is 292 g/mol. The van der Waals surface area contributed by atoms with Crippen LogP contribution < -0.4 is 5.32 Å². The highest BCUT2D eigenvalue weighted by molar-refractivity contribution is 5.76. The molecule has 0 bridgehead atoms. The minimum Gasteiger partial charge on any atom is -0.481 e. The molecule has 0 aliphatic rings. The predicted molar refractivity (Wildman–Crippen MR) is 82.1 cm³/mol. The molecule has 0 radical (unpaired) electrons. The molecule has 1 rings (SSSR count). The van der Waals surface area contributed by atoms with Gasteiger partial charge in [-0.05, 0) is 25.8 Å². The molecule has 0 aliphatic carbocycles. The fraction of sp³-hybridized carbons (Fsp3) is 0.500. The minimum atomic E-state index is -0.934. The van der Waals surface area contributed by atoms with E-state index in [0.717, 1.165) is 12.0 Å². The van der Waals surface area contributed by atoms with Gasteiger partial charge in [0.05, 0.1) is 12.5 Å². The Morgan fingerprint density at radius 1 is 1.24 bits per heavy atom. The Morgan fingerprint density at radius 3 is 2.33 bits per heavy atom. The highest BCUT2D eigenvalue weighted by atomic mass is 16.4. The number of rotatable bonds is 7. The summed E-state index contributed by atoms with van der Waals surface area (Å²) in [5, 5.41) is 11.9. The first kappa shape index (κ1) is 17.0. The normalized spacial score (nSPS) is 13.3. The van der Waals surface area contributed by atoms with Crippen LogP contribution in [0.3, 0.4) is 0 Å². The van der Waals surface area contributed by atoms with Gasteiger partial charge in [0.25, 0.3) is 0 Å². The Hall–Kier alpha value is -2.04. The first-order valence-electron chi connectivity index (χ1n) is 7.33. The molecule has 0 saturated heterocycles. The molecule has 1 aromatic carbocycles. The van der Waals surface area contributed by atoms with Gasteiger partial charge < -0.3 is 15.3 Å². The van der Waals surface area contributed by atoms with Crippen LogP contribution in [0.5, 0.6) is 0 Å². The zero-order valence-electron chi connectivity index (χ0n) is 12.9. The molecule has 0 spiro atoms. The molecule has 0 fully saturated rings. The maximum absolute atomic E-state index is 12.4. The third-order valence-corrected chi connectivity index (χ3v) is 3.60. The lowest BCUT2D eigenvalue weighted by Crippen LogP contribution is -2.46. The number of aliphatic carboxylic acids is 1. The molecule has 0 heterocycles. The second kappa shape index (κ2) is 8.29. The molecular formula is C16H24N2O3. The number of nitrogens with zero attached hydrogens (tertiary/aromatic N) is 1. The van der Waals surface area contributed by atoms with E-state index in [1.54, 1.807) is 4.90 Å². The molecule has 21 heavy (non-hydrogen) atoms. The molecule has 2 amide bonds. The number of carbonyl (C=O) groups is 2. The Balaban J connectivity index is 2.86. The number of amides is 2. The smallest absolute Gasteiger partial charge is 0.318 e. The van der Waals surface area contributed by atoms with Crippen LogP contribution in [0.2, 0.25) is 0 Å². The summed E-state index contributed by atoms with van der Waals surface area (Å²) in [6.07, 6.45) is 0.726. The average molecular weight is 292 g/mol. The molecule has 2 unspecified atom stereocenters. The van der Waals surface area contributed by atoms with Gasteiger partial charge in [-0.3, -0.25) is 4.79 Å². The van der Waals surface area contributed by atoms with E-state index in [9.17, 15) is 9.59 Å². The summed E-state index contributed by atoms with van der Waals surface area (Å²) < 4.78 is 0. The zero-order chi connectivity index (χ0) is 15.8. The Kier molecular flexibility index (Phi) is 6.72. The second-order valence-corrected chi connectivity index (χ2v) is 5.05. The molecule has 0 aliphatic heterocycles. The maximum Gasteiger partial charge on any atom is 0.318 e. The van der Waals surface area contributed by atoms with E-state index in [1.807, 2.05) is 51.1 Å². The van der Waals surface area contributed by atoms with Crippen molar-refractivity contribution in [2.75, 3.05) is 6.54 Å². The van der Waals surface area contributed by atoms with Crippen molar-refractivity contribution >= 4 is 12.0 Å². The van der Waals surface area contributed by atoms with Crippen molar-refractivity contribution in [2.24, 2.45) is 0 Å². The highest BCUT2D eigenvalue weighted by Crippen LogP contribution is 2.17. The SMILES string of the molecule is CCC(C)N(CC)C(=O)NC(CC(=O)O)c1ccccc1. The van der Waals surface area contributed by atoms with Gasteiger partial charge in [-0.25, -0.2) is 4.79 Å². The van der Waals surface area contributed by atoms with E-state index in [4.69, 9.17) is 5.11 Å². The molecule has 2 N–H and O–H groups in total. The Bertz CT molecular complexity index is 462. The molecule has 1 aromatic rings. The summed E-state index contributed by atoms with van der Waals surface area (Å²) in [5.41, 5.74) is 0.799.